The number of nitrogens with one attached hydrogen (secondary N) is 1. The number of H-pyrrole nitrogens is 1. The number of imidazole rings is 1. The van der Waals surface area contributed by atoms with Gasteiger partial charge in [0.25, 0.3) is 0 Å². The van der Waals surface area contributed by atoms with Gasteiger partial charge in [0.1, 0.15) is 5.75 Å². The molecule has 130 valence electrons. The Labute approximate surface area is 147 Å². The van der Waals surface area contributed by atoms with Crippen LogP contribution in [-0.2, 0) is 4.79 Å². The Balaban J connectivity index is 1.62. The molecule has 0 spiro atoms. The predicted octanol–water partition coefficient (Wildman–Crippen LogP) is 3.84. The molecule has 1 N–H and O–H groups in total. The highest BCUT2D eigenvalue weighted by atomic mass is 32.2. The van der Waals surface area contributed by atoms with Crippen molar-refractivity contribution in [2.24, 2.45) is 0 Å². The fourth-order valence-electron chi connectivity index (χ4n) is 3.40. The van der Waals surface area contributed by atoms with E-state index in [-0.39, 0.29) is 5.91 Å². The van der Waals surface area contributed by atoms with Crippen LogP contribution in [0.4, 0.5) is 0 Å². The standard InChI is InChI=1S/C18H25N3O2S/c1-3-21(13-7-5-4-6-8-13)17(22)12-24-18-19-15-10-9-14(23-2)11-16(15)20-18/h9-11,13H,3-8,12H2,1-2H3,(H,19,20). The summed E-state index contributed by atoms with van der Waals surface area (Å²) in [4.78, 5) is 22.5. The third kappa shape index (κ3) is 3.86. The lowest BCUT2D eigenvalue weighted by atomic mass is 9.94. The number of carbonyl (C=O) groups excluding carboxylic acids is 1. The summed E-state index contributed by atoms with van der Waals surface area (Å²) in [7, 11) is 1.65. The lowest BCUT2D eigenvalue weighted by molar-refractivity contribution is -0.131. The molecule has 1 aliphatic rings. The van der Waals surface area contributed by atoms with Gasteiger partial charge in [-0.25, -0.2) is 4.98 Å². The van der Waals surface area contributed by atoms with E-state index in [1.807, 2.05) is 18.2 Å². The van der Waals surface area contributed by atoms with E-state index in [2.05, 4.69) is 21.8 Å². The number of nitrogens with zero attached hydrogens (tertiary/aromatic N) is 2. The van der Waals surface area contributed by atoms with Gasteiger partial charge in [-0.05, 0) is 31.9 Å². The van der Waals surface area contributed by atoms with E-state index in [9.17, 15) is 4.79 Å². The average molecular weight is 347 g/mol. The minimum absolute atomic E-state index is 0.215. The summed E-state index contributed by atoms with van der Waals surface area (Å²) >= 11 is 1.48. The molecule has 1 amide bonds. The van der Waals surface area contributed by atoms with Gasteiger partial charge in [0, 0.05) is 18.7 Å². The number of ether oxygens (including phenoxy) is 1. The average Bonchev–Trinajstić information content (AvgIpc) is 3.03. The Kier molecular flexibility index (Phi) is 5.66. The molecule has 3 rings (SSSR count). The quantitative estimate of drug-likeness (QED) is 0.807. The van der Waals surface area contributed by atoms with Crippen molar-refractivity contribution < 1.29 is 9.53 Å². The van der Waals surface area contributed by atoms with Crippen LogP contribution in [0.25, 0.3) is 11.0 Å². The smallest absolute Gasteiger partial charge is 0.233 e. The monoisotopic (exact) mass is 347 g/mol. The SMILES string of the molecule is CCN(C(=O)CSc1nc2ccc(OC)cc2[nH]1)C1CCCCC1. The molecule has 0 aliphatic heterocycles. The number of thioether (sulfide) groups is 1. The first-order chi connectivity index (χ1) is 11.7. The molecule has 0 radical (unpaired) electrons. The van der Waals surface area contributed by atoms with Crippen LogP contribution < -0.4 is 4.74 Å². The first-order valence-electron chi connectivity index (χ1n) is 8.67. The minimum Gasteiger partial charge on any atom is -0.497 e. The number of aromatic amines is 1. The van der Waals surface area contributed by atoms with Gasteiger partial charge in [0.15, 0.2) is 5.16 Å². The number of benzene rings is 1. The van der Waals surface area contributed by atoms with Crippen molar-refractivity contribution in [1.82, 2.24) is 14.9 Å². The fourth-order valence-corrected chi connectivity index (χ4v) is 4.18. The van der Waals surface area contributed by atoms with Crippen molar-refractivity contribution in [3.05, 3.63) is 18.2 Å². The van der Waals surface area contributed by atoms with Gasteiger partial charge < -0.3 is 14.6 Å². The number of hydrogen-bond acceptors (Lipinski definition) is 4. The first kappa shape index (κ1) is 17.1. The van der Waals surface area contributed by atoms with E-state index in [0.717, 1.165) is 41.3 Å². The number of carbonyl (C=O) groups is 1. The number of aromatic nitrogens is 2. The molecule has 1 aliphatic carbocycles. The zero-order valence-corrected chi connectivity index (χ0v) is 15.2. The zero-order chi connectivity index (χ0) is 16.9. The van der Waals surface area contributed by atoms with Crippen molar-refractivity contribution in [2.45, 2.75) is 50.2 Å². The van der Waals surface area contributed by atoms with Crippen LogP contribution in [0.15, 0.2) is 23.4 Å². The van der Waals surface area contributed by atoms with Crippen LogP contribution in [0.1, 0.15) is 39.0 Å². The van der Waals surface area contributed by atoms with Gasteiger partial charge in [-0.15, -0.1) is 0 Å². The molecule has 0 saturated heterocycles. The molecule has 1 saturated carbocycles. The van der Waals surface area contributed by atoms with Gasteiger partial charge in [0.05, 0.1) is 23.9 Å². The Morgan fingerprint density at radius 3 is 2.88 bits per heavy atom. The molecule has 24 heavy (non-hydrogen) atoms. The van der Waals surface area contributed by atoms with Gasteiger partial charge >= 0.3 is 0 Å². The molecule has 6 heteroatoms. The molecule has 0 bridgehead atoms. The van der Waals surface area contributed by atoms with E-state index in [4.69, 9.17) is 4.74 Å². The second-order valence-electron chi connectivity index (χ2n) is 6.19. The van der Waals surface area contributed by atoms with E-state index >= 15 is 0 Å². The Morgan fingerprint density at radius 1 is 1.38 bits per heavy atom. The highest BCUT2D eigenvalue weighted by Gasteiger charge is 2.24. The fraction of sp³-hybridized carbons (Fsp3) is 0.556. The number of hydrogen-bond donors (Lipinski definition) is 1. The summed E-state index contributed by atoms with van der Waals surface area (Å²) in [5.41, 5.74) is 1.83. The number of rotatable bonds is 6. The number of amides is 1. The summed E-state index contributed by atoms with van der Waals surface area (Å²) in [5, 5.41) is 0.784. The molecule has 1 fully saturated rings. The van der Waals surface area contributed by atoms with Gasteiger partial charge in [-0.2, -0.15) is 0 Å². The van der Waals surface area contributed by atoms with Crippen LogP contribution in [0, 0.1) is 0 Å². The van der Waals surface area contributed by atoms with Crippen molar-refractivity contribution >= 4 is 28.7 Å². The van der Waals surface area contributed by atoms with Crippen LogP contribution in [0.5, 0.6) is 5.75 Å². The summed E-state index contributed by atoms with van der Waals surface area (Å²) in [6.45, 7) is 2.87. The maximum Gasteiger partial charge on any atom is 0.233 e. The van der Waals surface area contributed by atoms with Crippen molar-refractivity contribution in [1.29, 1.82) is 0 Å². The van der Waals surface area contributed by atoms with Crippen molar-refractivity contribution in [3.8, 4) is 5.75 Å². The maximum absolute atomic E-state index is 12.6. The second-order valence-corrected chi connectivity index (χ2v) is 7.15. The molecule has 2 aromatic rings. The summed E-state index contributed by atoms with van der Waals surface area (Å²) in [6.07, 6.45) is 6.09. The van der Waals surface area contributed by atoms with Crippen LogP contribution in [-0.4, -0.2) is 46.2 Å². The second kappa shape index (κ2) is 7.92. The molecular weight excluding hydrogens is 322 g/mol. The Hall–Kier alpha value is -1.69. The summed E-state index contributed by atoms with van der Waals surface area (Å²) in [6, 6.07) is 6.17. The Morgan fingerprint density at radius 2 is 2.17 bits per heavy atom. The van der Waals surface area contributed by atoms with E-state index in [1.165, 1.54) is 31.0 Å². The van der Waals surface area contributed by atoms with Crippen LogP contribution >= 0.6 is 11.8 Å². The normalized spacial score (nSPS) is 15.6. The first-order valence-corrected chi connectivity index (χ1v) is 9.66. The summed E-state index contributed by atoms with van der Waals surface area (Å²) in [5.74, 6) is 1.45. The topological polar surface area (TPSA) is 58.2 Å². The summed E-state index contributed by atoms with van der Waals surface area (Å²) < 4.78 is 5.23. The zero-order valence-electron chi connectivity index (χ0n) is 14.4. The van der Waals surface area contributed by atoms with E-state index in [1.54, 1.807) is 7.11 Å². The Bertz CT molecular complexity index is 695. The van der Waals surface area contributed by atoms with Crippen molar-refractivity contribution in [3.63, 3.8) is 0 Å². The van der Waals surface area contributed by atoms with Gasteiger partial charge in [0.2, 0.25) is 5.91 Å². The van der Waals surface area contributed by atoms with E-state index < -0.39 is 0 Å². The molecule has 0 atom stereocenters. The minimum atomic E-state index is 0.215. The van der Waals surface area contributed by atoms with Crippen molar-refractivity contribution in [2.75, 3.05) is 19.4 Å². The number of methoxy groups -OCH3 is 1. The third-order valence-corrected chi connectivity index (χ3v) is 5.53. The lowest BCUT2D eigenvalue weighted by Crippen LogP contribution is -2.42. The highest BCUT2D eigenvalue weighted by Crippen LogP contribution is 2.25. The largest absolute Gasteiger partial charge is 0.497 e. The molecular formula is C18H25N3O2S. The van der Waals surface area contributed by atoms with Gasteiger partial charge in [-0.1, -0.05) is 31.0 Å². The maximum atomic E-state index is 12.6. The molecule has 1 aromatic heterocycles. The highest BCUT2D eigenvalue weighted by molar-refractivity contribution is 7.99. The van der Waals surface area contributed by atoms with Crippen LogP contribution in [0.2, 0.25) is 0 Å². The molecule has 0 unspecified atom stereocenters. The predicted molar refractivity (Wildman–Crippen MR) is 97.6 cm³/mol. The lowest BCUT2D eigenvalue weighted by Gasteiger charge is -2.33. The van der Waals surface area contributed by atoms with Crippen LogP contribution in [0.3, 0.4) is 0 Å². The molecule has 1 heterocycles. The van der Waals surface area contributed by atoms with E-state index in [0.29, 0.717) is 11.8 Å². The van der Waals surface area contributed by atoms with Gasteiger partial charge in [-0.3, -0.25) is 4.79 Å². The molecule has 5 nitrogen and oxygen atoms in total. The third-order valence-electron chi connectivity index (χ3n) is 4.68. The molecule has 1 aromatic carbocycles. The number of fused-ring (bicyclic) bond motifs is 1.